The van der Waals surface area contributed by atoms with E-state index in [-0.39, 0.29) is 0 Å². The van der Waals surface area contributed by atoms with Gasteiger partial charge in [0, 0.05) is 19.4 Å². The van der Waals surface area contributed by atoms with Crippen LogP contribution < -0.4 is 0 Å². The van der Waals surface area contributed by atoms with Crippen LogP contribution >= 0.6 is 0 Å². The number of aliphatic hydroxyl groups is 1. The average molecular weight is 154 g/mol. The molecular weight excluding hydrogens is 140 g/mol. The summed E-state index contributed by atoms with van der Waals surface area (Å²) in [5.74, 6) is 0.756. The van der Waals surface area contributed by atoms with Crippen LogP contribution in [-0.2, 0) is 7.05 Å². The van der Waals surface area contributed by atoms with Gasteiger partial charge in [-0.15, -0.1) is 0 Å². The summed E-state index contributed by atoms with van der Waals surface area (Å²) in [5.41, 5.74) is 0. The highest BCUT2D eigenvalue weighted by molar-refractivity contribution is 4.94. The van der Waals surface area contributed by atoms with E-state index in [2.05, 4.69) is 4.98 Å². The Labute approximate surface area is 66.7 Å². The summed E-state index contributed by atoms with van der Waals surface area (Å²) >= 11 is 0. The van der Waals surface area contributed by atoms with Crippen molar-refractivity contribution in [3.63, 3.8) is 0 Å². The van der Waals surface area contributed by atoms with Gasteiger partial charge in [-0.25, -0.2) is 4.98 Å². The van der Waals surface area contributed by atoms with Crippen molar-refractivity contribution in [1.29, 1.82) is 0 Å². The maximum Gasteiger partial charge on any atom is 0.137 e. The molecule has 0 fully saturated rings. The second-order valence-electron chi connectivity index (χ2n) is 2.70. The standard InChI is InChI=1S/C8H14N2O/c1-3-4-7(11)8-9-5-6-10(8)2/h5-7,11H,3-4H2,1-2H3. The third kappa shape index (κ3) is 1.80. The van der Waals surface area contributed by atoms with E-state index in [1.54, 1.807) is 6.20 Å². The maximum absolute atomic E-state index is 9.51. The summed E-state index contributed by atoms with van der Waals surface area (Å²) in [6.07, 6.45) is 4.90. The van der Waals surface area contributed by atoms with Crippen molar-refractivity contribution in [2.75, 3.05) is 0 Å². The van der Waals surface area contributed by atoms with Gasteiger partial charge in [-0.2, -0.15) is 0 Å². The first kappa shape index (κ1) is 8.27. The molecule has 1 atom stereocenters. The highest BCUT2D eigenvalue weighted by Gasteiger charge is 2.09. The molecule has 0 amide bonds. The highest BCUT2D eigenvalue weighted by Crippen LogP contribution is 2.14. The fourth-order valence-corrected chi connectivity index (χ4v) is 1.10. The Kier molecular flexibility index (Phi) is 2.65. The smallest absolute Gasteiger partial charge is 0.137 e. The van der Waals surface area contributed by atoms with Crippen LogP contribution in [0.5, 0.6) is 0 Å². The maximum atomic E-state index is 9.51. The third-order valence-corrected chi connectivity index (χ3v) is 1.72. The third-order valence-electron chi connectivity index (χ3n) is 1.72. The molecule has 1 N–H and O–H groups in total. The van der Waals surface area contributed by atoms with Crippen LogP contribution in [-0.4, -0.2) is 14.7 Å². The van der Waals surface area contributed by atoms with E-state index >= 15 is 0 Å². The summed E-state index contributed by atoms with van der Waals surface area (Å²) in [5, 5.41) is 9.51. The van der Waals surface area contributed by atoms with E-state index in [1.165, 1.54) is 0 Å². The number of nitrogens with zero attached hydrogens (tertiary/aromatic N) is 2. The SMILES string of the molecule is CCCC(O)c1nccn1C. The lowest BCUT2D eigenvalue weighted by Crippen LogP contribution is -2.04. The van der Waals surface area contributed by atoms with Crippen LogP contribution in [0.25, 0.3) is 0 Å². The zero-order chi connectivity index (χ0) is 8.27. The first-order valence-corrected chi connectivity index (χ1v) is 3.91. The van der Waals surface area contributed by atoms with Gasteiger partial charge in [-0.1, -0.05) is 13.3 Å². The molecule has 3 nitrogen and oxygen atoms in total. The van der Waals surface area contributed by atoms with Crippen LogP contribution in [0.4, 0.5) is 0 Å². The molecule has 1 aromatic heterocycles. The van der Waals surface area contributed by atoms with Crippen molar-refractivity contribution < 1.29 is 5.11 Å². The van der Waals surface area contributed by atoms with Gasteiger partial charge in [0.2, 0.25) is 0 Å². The van der Waals surface area contributed by atoms with E-state index in [0.29, 0.717) is 0 Å². The van der Waals surface area contributed by atoms with E-state index in [4.69, 9.17) is 0 Å². The van der Waals surface area contributed by atoms with Crippen LogP contribution in [0.1, 0.15) is 31.7 Å². The molecule has 62 valence electrons. The zero-order valence-corrected chi connectivity index (χ0v) is 6.99. The molecule has 0 bridgehead atoms. The Morgan fingerprint density at radius 3 is 2.91 bits per heavy atom. The van der Waals surface area contributed by atoms with Crippen molar-refractivity contribution >= 4 is 0 Å². The lowest BCUT2D eigenvalue weighted by atomic mass is 10.2. The minimum Gasteiger partial charge on any atom is -0.385 e. The normalized spacial score (nSPS) is 13.4. The van der Waals surface area contributed by atoms with Crippen molar-refractivity contribution in [2.24, 2.45) is 7.05 Å². The quantitative estimate of drug-likeness (QED) is 0.711. The minimum atomic E-state index is -0.403. The number of rotatable bonds is 3. The van der Waals surface area contributed by atoms with Crippen molar-refractivity contribution in [3.8, 4) is 0 Å². The fraction of sp³-hybridized carbons (Fsp3) is 0.625. The van der Waals surface area contributed by atoms with Crippen LogP contribution in [0.3, 0.4) is 0 Å². The molecule has 1 rings (SSSR count). The Balaban J connectivity index is 2.67. The second-order valence-corrected chi connectivity index (χ2v) is 2.70. The molecule has 0 aliphatic heterocycles. The van der Waals surface area contributed by atoms with Gasteiger partial charge >= 0.3 is 0 Å². The molecule has 0 saturated carbocycles. The van der Waals surface area contributed by atoms with Gasteiger partial charge in [0.15, 0.2) is 0 Å². The first-order valence-electron chi connectivity index (χ1n) is 3.91. The van der Waals surface area contributed by atoms with Crippen LogP contribution in [0.2, 0.25) is 0 Å². The largest absolute Gasteiger partial charge is 0.385 e. The lowest BCUT2D eigenvalue weighted by Gasteiger charge is -2.07. The van der Waals surface area contributed by atoms with Crippen molar-refractivity contribution in [2.45, 2.75) is 25.9 Å². The summed E-state index contributed by atoms with van der Waals surface area (Å²) in [7, 11) is 1.89. The predicted molar refractivity (Wildman–Crippen MR) is 43.1 cm³/mol. The summed E-state index contributed by atoms with van der Waals surface area (Å²) in [6.45, 7) is 2.05. The molecule has 0 aromatic carbocycles. The molecule has 1 heterocycles. The van der Waals surface area contributed by atoms with Crippen LogP contribution in [0, 0.1) is 0 Å². The molecule has 0 saturated heterocycles. The molecule has 0 spiro atoms. The molecule has 3 heteroatoms. The number of hydrogen-bond donors (Lipinski definition) is 1. The van der Waals surface area contributed by atoms with Gasteiger partial charge in [0.25, 0.3) is 0 Å². The molecule has 1 unspecified atom stereocenters. The van der Waals surface area contributed by atoms with Gasteiger partial charge in [0.1, 0.15) is 11.9 Å². The van der Waals surface area contributed by atoms with E-state index in [1.807, 2.05) is 24.7 Å². The Morgan fingerprint density at radius 1 is 1.73 bits per heavy atom. The predicted octanol–water partition coefficient (Wildman–Crippen LogP) is 1.25. The second kappa shape index (κ2) is 3.53. The van der Waals surface area contributed by atoms with Gasteiger partial charge in [-0.3, -0.25) is 0 Å². The fourth-order valence-electron chi connectivity index (χ4n) is 1.10. The average Bonchev–Trinajstić information content (AvgIpc) is 2.36. The molecule has 0 aliphatic rings. The number of imidazole rings is 1. The number of aryl methyl sites for hydroxylation is 1. The molecule has 1 aromatic rings. The number of hydrogen-bond acceptors (Lipinski definition) is 2. The lowest BCUT2D eigenvalue weighted by molar-refractivity contribution is 0.153. The summed E-state index contributed by atoms with van der Waals surface area (Å²) in [6, 6.07) is 0. The van der Waals surface area contributed by atoms with E-state index in [9.17, 15) is 5.11 Å². The Hall–Kier alpha value is -0.830. The van der Waals surface area contributed by atoms with Crippen molar-refractivity contribution in [1.82, 2.24) is 9.55 Å². The Morgan fingerprint density at radius 2 is 2.45 bits per heavy atom. The Bertz CT molecular complexity index is 220. The van der Waals surface area contributed by atoms with E-state index < -0.39 is 6.10 Å². The number of aromatic nitrogens is 2. The topological polar surface area (TPSA) is 38.1 Å². The highest BCUT2D eigenvalue weighted by atomic mass is 16.3. The molecule has 0 radical (unpaired) electrons. The van der Waals surface area contributed by atoms with E-state index in [0.717, 1.165) is 18.7 Å². The summed E-state index contributed by atoms with van der Waals surface area (Å²) in [4.78, 5) is 4.05. The molecular formula is C8H14N2O. The summed E-state index contributed by atoms with van der Waals surface area (Å²) < 4.78 is 1.85. The zero-order valence-electron chi connectivity index (χ0n) is 6.99. The molecule has 11 heavy (non-hydrogen) atoms. The minimum absolute atomic E-state index is 0.403. The van der Waals surface area contributed by atoms with Gasteiger partial charge < -0.3 is 9.67 Å². The number of aliphatic hydroxyl groups excluding tert-OH is 1. The van der Waals surface area contributed by atoms with Gasteiger partial charge in [0.05, 0.1) is 0 Å². The van der Waals surface area contributed by atoms with Crippen molar-refractivity contribution in [3.05, 3.63) is 18.2 Å². The first-order chi connectivity index (χ1) is 5.25. The molecule has 0 aliphatic carbocycles. The monoisotopic (exact) mass is 154 g/mol. The van der Waals surface area contributed by atoms with Gasteiger partial charge in [-0.05, 0) is 6.42 Å². The van der Waals surface area contributed by atoms with Crippen LogP contribution in [0.15, 0.2) is 12.4 Å².